The Hall–Kier alpha value is -3.15. The lowest BCUT2D eigenvalue weighted by Gasteiger charge is -2.05. The third-order valence-corrected chi connectivity index (χ3v) is 3.17. The van der Waals surface area contributed by atoms with Gasteiger partial charge in [-0.3, -0.25) is 9.59 Å². The van der Waals surface area contributed by atoms with Crippen molar-refractivity contribution in [3.8, 4) is 0 Å². The standard InChI is InChI=1S/C16H13N3O3/c1-19-9-8-17-15(19)14(20)11-4-6-12(7-5-11)18-16(21)13-3-2-10-22-13/h2-10H,1H3,(H,18,21). The van der Waals surface area contributed by atoms with E-state index in [4.69, 9.17) is 4.42 Å². The summed E-state index contributed by atoms with van der Waals surface area (Å²) in [6.45, 7) is 0. The number of amides is 1. The number of nitrogens with one attached hydrogen (secondary N) is 1. The quantitative estimate of drug-likeness (QED) is 0.750. The van der Waals surface area contributed by atoms with Crippen molar-refractivity contribution in [2.45, 2.75) is 0 Å². The summed E-state index contributed by atoms with van der Waals surface area (Å²) >= 11 is 0. The van der Waals surface area contributed by atoms with E-state index in [1.807, 2.05) is 0 Å². The van der Waals surface area contributed by atoms with Gasteiger partial charge in [0.15, 0.2) is 11.6 Å². The van der Waals surface area contributed by atoms with E-state index in [0.29, 0.717) is 17.1 Å². The maximum Gasteiger partial charge on any atom is 0.291 e. The highest BCUT2D eigenvalue weighted by Crippen LogP contribution is 2.14. The zero-order valence-corrected chi connectivity index (χ0v) is 11.8. The van der Waals surface area contributed by atoms with Crippen LogP contribution in [0.15, 0.2) is 59.5 Å². The molecule has 6 nitrogen and oxygen atoms in total. The molecule has 0 fully saturated rings. The number of imidazole rings is 1. The fraction of sp³-hybridized carbons (Fsp3) is 0.0625. The highest BCUT2D eigenvalue weighted by molar-refractivity contribution is 6.07. The number of nitrogens with zero attached hydrogens (tertiary/aromatic N) is 2. The van der Waals surface area contributed by atoms with Crippen molar-refractivity contribution in [1.29, 1.82) is 0 Å². The second kappa shape index (κ2) is 5.69. The zero-order valence-electron chi connectivity index (χ0n) is 11.8. The molecule has 2 aromatic heterocycles. The van der Waals surface area contributed by atoms with Crippen molar-refractivity contribution in [2.24, 2.45) is 7.05 Å². The molecule has 0 saturated heterocycles. The topological polar surface area (TPSA) is 77.1 Å². The molecular formula is C16H13N3O3. The van der Waals surface area contributed by atoms with Gasteiger partial charge in [-0.1, -0.05) is 0 Å². The molecule has 22 heavy (non-hydrogen) atoms. The van der Waals surface area contributed by atoms with E-state index in [0.717, 1.165) is 0 Å². The number of hydrogen-bond donors (Lipinski definition) is 1. The smallest absolute Gasteiger partial charge is 0.291 e. The normalized spacial score (nSPS) is 10.4. The van der Waals surface area contributed by atoms with Crippen LogP contribution in [0.2, 0.25) is 0 Å². The van der Waals surface area contributed by atoms with Gasteiger partial charge in [-0.05, 0) is 36.4 Å². The average molecular weight is 295 g/mol. The number of aryl methyl sites for hydroxylation is 1. The van der Waals surface area contributed by atoms with Crippen LogP contribution < -0.4 is 5.32 Å². The fourth-order valence-electron chi connectivity index (χ4n) is 2.02. The minimum Gasteiger partial charge on any atom is -0.459 e. The first kappa shape index (κ1) is 13.8. The summed E-state index contributed by atoms with van der Waals surface area (Å²) in [6.07, 6.45) is 4.72. The van der Waals surface area contributed by atoms with Gasteiger partial charge >= 0.3 is 0 Å². The Kier molecular flexibility index (Phi) is 3.57. The highest BCUT2D eigenvalue weighted by atomic mass is 16.3. The molecule has 0 aliphatic rings. The van der Waals surface area contributed by atoms with Crippen LogP contribution in [0.25, 0.3) is 0 Å². The Bertz CT molecular complexity index is 802. The van der Waals surface area contributed by atoms with Crippen LogP contribution in [0.4, 0.5) is 5.69 Å². The van der Waals surface area contributed by atoms with Gasteiger partial charge in [0.1, 0.15) is 0 Å². The van der Waals surface area contributed by atoms with Gasteiger partial charge in [0.2, 0.25) is 5.78 Å². The number of hydrogen-bond acceptors (Lipinski definition) is 4. The lowest BCUT2D eigenvalue weighted by molar-refractivity contribution is 0.0995. The predicted molar refractivity (Wildman–Crippen MR) is 79.7 cm³/mol. The molecule has 3 rings (SSSR count). The van der Waals surface area contributed by atoms with Crippen molar-refractivity contribution in [2.75, 3.05) is 5.32 Å². The van der Waals surface area contributed by atoms with E-state index in [2.05, 4.69) is 10.3 Å². The number of carbonyl (C=O) groups excluding carboxylic acids is 2. The number of carbonyl (C=O) groups is 2. The van der Waals surface area contributed by atoms with Crippen LogP contribution in [0.1, 0.15) is 26.7 Å². The molecule has 1 amide bonds. The second-order valence-corrected chi connectivity index (χ2v) is 4.70. The molecular weight excluding hydrogens is 282 g/mol. The maximum absolute atomic E-state index is 12.3. The number of rotatable bonds is 4. The van der Waals surface area contributed by atoms with Crippen molar-refractivity contribution < 1.29 is 14.0 Å². The first-order chi connectivity index (χ1) is 10.6. The van der Waals surface area contributed by atoms with Crippen LogP contribution in [0.5, 0.6) is 0 Å². The van der Waals surface area contributed by atoms with E-state index < -0.39 is 0 Å². The molecule has 0 spiro atoms. The Morgan fingerprint density at radius 2 is 1.95 bits per heavy atom. The van der Waals surface area contributed by atoms with Gasteiger partial charge in [-0.2, -0.15) is 0 Å². The summed E-state index contributed by atoms with van der Waals surface area (Å²) in [6, 6.07) is 9.84. The average Bonchev–Trinajstić information content (AvgIpc) is 3.18. The number of anilines is 1. The van der Waals surface area contributed by atoms with Gasteiger partial charge in [-0.15, -0.1) is 0 Å². The van der Waals surface area contributed by atoms with E-state index in [9.17, 15) is 9.59 Å². The minimum absolute atomic E-state index is 0.170. The second-order valence-electron chi connectivity index (χ2n) is 4.70. The van der Waals surface area contributed by atoms with Crippen LogP contribution >= 0.6 is 0 Å². The molecule has 0 atom stereocenters. The summed E-state index contributed by atoms with van der Waals surface area (Å²) in [5.41, 5.74) is 1.09. The summed E-state index contributed by atoms with van der Waals surface area (Å²) in [5.74, 6) is 0.0881. The number of ketones is 1. The molecule has 0 radical (unpaired) electrons. The monoisotopic (exact) mass is 295 g/mol. The number of furan rings is 1. The zero-order chi connectivity index (χ0) is 15.5. The lowest BCUT2D eigenvalue weighted by Crippen LogP contribution is -2.11. The van der Waals surface area contributed by atoms with E-state index >= 15 is 0 Å². The largest absolute Gasteiger partial charge is 0.459 e. The van der Waals surface area contributed by atoms with Crippen molar-refractivity contribution in [3.05, 3.63) is 72.2 Å². The van der Waals surface area contributed by atoms with E-state index in [1.54, 1.807) is 60.4 Å². The molecule has 0 aliphatic carbocycles. The van der Waals surface area contributed by atoms with Crippen LogP contribution in [0, 0.1) is 0 Å². The Morgan fingerprint density at radius 3 is 2.55 bits per heavy atom. The lowest BCUT2D eigenvalue weighted by atomic mass is 10.1. The first-order valence-electron chi connectivity index (χ1n) is 6.62. The summed E-state index contributed by atoms with van der Waals surface area (Å²) < 4.78 is 6.68. The van der Waals surface area contributed by atoms with Gasteiger partial charge < -0.3 is 14.3 Å². The van der Waals surface area contributed by atoms with Gasteiger partial charge in [0, 0.05) is 30.7 Å². The third kappa shape index (κ3) is 2.67. The predicted octanol–water partition coefficient (Wildman–Crippen LogP) is 2.50. The molecule has 2 heterocycles. The van der Waals surface area contributed by atoms with E-state index in [1.165, 1.54) is 6.26 Å². The summed E-state index contributed by atoms with van der Waals surface area (Å²) in [5, 5.41) is 2.69. The number of benzene rings is 1. The Morgan fingerprint density at radius 1 is 1.18 bits per heavy atom. The van der Waals surface area contributed by atoms with Crippen LogP contribution in [0.3, 0.4) is 0 Å². The molecule has 0 saturated carbocycles. The van der Waals surface area contributed by atoms with Crippen molar-refractivity contribution in [1.82, 2.24) is 9.55 Å². The maximum atomic E-state index is 12.3. The minimum atomic E-state index is -0.340. The molecule has 6 heteroatoms. The molecule has 3 aromatic rings. The van der Waals surface area contributed by atoms with Gasteiger partial charge in [-0.25, -0.2) is 4.98 Å². The number of aromatic nitrogens is 2. The van der Waals surface area contributed by atoms with Crippen molar-refractivity contribution in [3.63, 3.8) is 0 Å². The van der Waals surface area contributed by atoms with Gasteiger partial charge in [0.05, 0.1) is 6.26 Å². The summed E-state index contributed by atoms with van der Waals surface area (Å²) in [4.78, 5) is 28.1. The molecule has 110 valence electrons. The highest BCUT2D eigenvalue weighted by Gasteiger charge is 2.14. The van der Waals surface area contributed by atoms with Crippen LogP contribution in [-0.2, 0) is 7.05 Å². The van der Waals surface area contributed by atoms with Crippen molar-refractivity contribution >= 4 is 17.4 Å². The van der Waals surface area contributed by atoms with Crippen LogP contribution in [-0.4, -0.2) is 21.2 Å². The van der Waals surface area contributed by atoms with E-state index in [-0.39, 0.29) is 17.5 Å². The molecule has 0 aliphatic heterocycles. The molecule has 0 unspecified atom stereocenters. The summed E-state index contributed by atoms with van der Waals surface area (Å²) in [7, 11) is 1.76. The third-order valence-electron chi connectivity index (χ3n) is 3.17. The molecule has 1 aromatic carbocycles. The SMILES string of the molecule is Cn1ccnc1C(=O)c1ccc(NC(=O)c2ccco2)cc1. The fourth-order valence-corrected chi connectivity index (χ4v) is 2.02. The molecule has 1 N–H and O–H groups in total. The first-order valence-corrected chi connectivity index (χ1v) is 6.62. The van der Waals surface area contributed by atoms with Gasteiger partial charge in [0.25, 0.3) is 5.91 Å². The Balaban J connectivity index is 1.74. The molecule has 0 bridgehead atoms. The Labute approximate surface area is 126 Å².